The zero-order valence-electron chi connectivity index (χ0n) is 7.33. The molecule has 0 saturated heterocycles. The molecule has 0 fully saturated rings. The summed E-state index contributed by atoms with van der Waals surface area (Å²) in [6.45, 7) is 1.06. The maximum absolute atomic E-state index is 5.82. The molecule has 0 spiro atoms. The maximum atomic E-state index is 5.82. The molecule has 0 amide bonds. The van der Waals surface area contributed by atoms with Crippen molar-refractivity contribution in [2.75, 3.05) is 6.54 Å². The summed E-state index contributed by atoms with van der Waals surface area (Å²) in [5, 5.41) is 4.00. The lowest BCUT2D eigenvalue weighted by atomic mass is 9.94. The molecule has 0 saturated carbocycles. The number of benzene rings is 1. The predicted molar refractivity (Wildman–Crippen MR) is 56.0 cm³/mol. The summed E-state index contributed by atoms with van der Waals surface area (Å²) in [7, 11) is 0. The van der Waals surface area contributed by atoms with Crippen molar-refractivity contribution in [3.05, 3.63) is 47.1 Å². The van der Waals surface area contributed by atoms with E-state index in [2.05, 4.69) is 23.5 Å². The summed E-state index contributed by atoms with van der Waals surface area (Å²) < 4.78 is 0. The van der Waals surface area contributed by atoms with Crippen molar-refractivity contribution in [3.8, 4) is 0 Å². The van der Waals surface area contributed by atoms with Crippen molar-refractivity contribution < 1.29 is 0 Å². The molecule has 68 valence electrons. The van der Waals surface area contributed by atoms with Gasteiger partial charge in [-0.1, -0.05) is 29.8 Å². The van der Waals surface area contributed by atoms with Crippen LogP contribution in [-0.4, -0.2) is 6.54 Å². The molecule has 0 unspecified atom stereocenters. The smallest absolute Gasteiger partial charge is 0.0406 e. The fourth-order valence-corrected chi connectivity index (χ4v) is 1.72. The summed E-state index contributed by atoms with van der Waals surface area (Å²) in [6, 6.07) is 8.10. The van der Waals surface area contributed by atoms with E-state index in [0.717, 1.165) is 18.0 Å². The quantitative estimate of drug-likeness (QED) is 0.723. The Hall–Kier alpha value is -0.950. The fourth-order valence-electron chi connectivity index (χ4n) is 1.59. The number of hydrogen-bond donors (Lipinski definition) is 1. The third-order valence-electron chi connectivity index (χ3n) is 2.34. The summed E-state index contributed by atoms with van der Waals surface area (Å²) >= 11 is 5.82. The Kier molecular flexibility index (Phi) is 2.55. The minimum atomic E-state index is 0.554. The zero-order valence-corrected chi connectivity index (χ0v) is 8.09. The predicted octanol–water partition coefficient (Wildman–Crippen LogP) is 2.93. The summed E-state index contributed by atoms with van der Waals surface area (Å²) in [5.74, 6) is 0.554. The topological polar surface area (TPSA) is 12.0 Å². The van der Waals surface area contributed by atoms with Crippen LogP contribution in [0.15, 0.2) is 36.5 Å². The SMILES string of the molecule is Clc1ccc([C@@H]2C=CNCC2)cc1. The lowest BCUT2D eigenvalue weighted by Gasteiger charge is -2.17. The van der Waals surface area contributed by atoms with Crippen molar-refractivity contribution in [1.82, 2.24) is 5.32 Å². The summed E-state index contributed by atoms with van der Waals surface area (Å²) in [4.78, 5) is 0. The molecule has 1 N–H and O–H groups in total. The van der Waals surface area contributed by atoms with Gasteiger partial charge in [0.1, 0.15) is 0 Å². The van der Waals surface area contributed by atoms with Gasteiger partial charge in [-0.25, -0.2) is 0 Å². The second-order valence-corrected chi connectivity index (χ2v) is 3.70. The first-order chi connectivity index (χ1) is 6.36. The van der Waals surface area contributed by atoms with Crippen LogP contribution in [0.1, 0.15) is 17.9 Å². The molecule has 1 aromatic rings. The molecular formula is C11H12ClN. The van der Waals surface area contributed by atoms with Crippen LogP contribution in [0.25, 0.3) is 0 Å². The molecule has 1 aliphatic rings. The Balaban J connectivity index is 2.19. The van der Waals surface area contributed by atoms with Gasteiger partial charge in [0.25, 0.3) is 0 Å². The van der Waals surface area contributed by atoms with Gasteiger partial charge in [0.2, 0.25) is 0 Å². The van der Waals surface area contributed by atoms with Gasteiger partial charge in [-0.05, 0) is 30.3 Å². The number of halogens is 1. The van der Waals surface area contributed by atoms with Crippen molar-refractivity contribution in [3.63, 3.8) is 0 Å². The summed E-state index contributed by atoms with van der Waals surface area (Å²) in [5.41, 5.74) is 1.35. The molecule has 1 nitrogen and oxygen atoms in total. The zero-order chi connectivity index (χ0) is 9.10. The van der Waals surface area contributed by atoms with E-state index in [1.807, 2.05) is 18.3 Å². The van der Waals surface area contributed by atoms with E-state index in [1.165, 1.54) is 5.56 Å². The van der Waals surface area contributed by atoms with Gasteiger partial charge in [-0.2, -0.15) is 0 Å². The van der Waals surface area contributed by atoms with E-state index < -0.39 is 0 Å². The van der Waals surface area contributed by atoms with Gasteiger partial charge < -0.3 is 5.32 Å². The van der Waals surface area contributed by atoms with Crippen molar-refractivity contribution in [2.45, 2.75) is 12.3 Å². The lowest BCUT2D eigenvalue weighted by Crippen LogP contribution is -2.15. The van der Waals surface area contributed by atoms with Crippen molar-refractivity contribution in [2.24, 2.45) is 0 Å². The molecule has 1 heterocycles. The Labute approximate surface area is 83.4 Å². The van der Waals surface area contributed by atoms with Crippen LogP contribution in [0, 0.1) is 0 Å². The van der Waals surface area contributed by atoms with E-state index in [9.17, 15) is 0 Å². The molecule has 1 aromatic carbocycles. The molecule has 2 rings (SSSR count). The van der Waals surface area contributed by atoms with Crippen LogP contribution in [-0.2, 0) is 0 Å². The Morgan fingerprint density at radius 3 is 2.62 bits per heavy atom. The highest BCUT2D eigenvalue weighted by Crippen LogP contribution is 2.23. The van der Waals surface area contributed by atoms with E-state index in [4.69, 9.17) is 11.6 Å². The molecule has 2 heteroatoms. The van der Waals surface area contributed by atoms with Gasteiger partial charge in [-0.15, -0.1) is 0 Å². The first kappa shape index (κ1) is 8.64. The van der Waals surface area contributed by atoms with Crippen molar-refractivity contribution in [1.29, 1.82) is 0 Å². The molecule has 13 heavy (non-hydrogen) atoms. The average molecular weight is 194 g/mol. The van der Waals surface area contributed by atoms with E-state index in [-0.39, 0.29) is 0 Å². The molecule has 1 atom stereocenters. The normalized spacial score (nSPS) is 21.2. The van der Waals surface area contributed by atoms with Gasteiger partial charge >= 0.3 is 0 Å². The highest BCUT2D eigenvalue weighted by Gasteiger charge is 2.09. The largest absolute Gasteiger partial charge is 0.391 e. The van der Waals surface area contributed by atoms with Crippen LogP contribution >= 0.6 is 11.6 Å². The molecular weight excluding hydrogens is 182 g/mol. The molecule has 0 bridgehead atoms. The summed E-state index contributed by atoms with van der Waals surface area (Å²) in [6.07, 6.45) is 5.40. The lowest BCUT2D eigenvalue weighted by molar-refractivity contribution is 0.657. The first-order valence-electron chi connectivity index (χ1n) is 4.52. The van der Waals surface area contributed by atoms with Crippen LogP contribution in [0.2, 0.25) is 5.02 Å². The number of hydrogen-bond acceptors (Lipinski definition) is 1. The number of rotatable bonds is 1. The van der Waals surface area contributed by atoms with Gasteiger partial charge in [0, 0.05) is 17.5 Å². The Morgan fingerprint density at radius 2 is 2.00 bits per heavy atom. The standard InChI is InChI=1S/C11H12ClN/c12-11-3-1-9(2-4-11)10-5-7-13-8-6-10/h1-5,7,10,13H,6,8H2/t10-/m1/s1. The van der Waals surface area contributed by atoms with E-state index in [1.54, 1.807) is 0 Å². The van der Waals surface area contributed by atoms with E-state index >= 15 is 0 Å². The maximum Gasteiger partial charge on any atom is 0.0406 e. The molecule has 0 radical (unpaired) electrons. The average Bonchev–Trinajstić information content (AvgIpc) is 2.20. The minimum absolute atomic E-state index is 0.554. The molecule has 0 aliphatic carbocycles. The van der Waals surface area contributed by atoms with Crippen LogP contribution in [0.4, 0.5) is 0 Å². The van der Waals surface area contributed by atoms with Gasteiger partial charge in [0.15, 0.2) is 0 Å². The van der Waals surface area contributed by atoms with Crippen LogP contribution < -0.4 is 5.32 Å². The first-order valence-corrected chi connectivity index (χ1v) is 4.89. The number of nitrogens with one attached hydrogen (secondary N) is 1. The van der Waals surface area contributed by atoms with E-state index in [0.29, 0.717) is 5.92 Å². The van der Waals surface area contributed by atoms with Gasteiger partial charge in [0.05, 0.1) is 0 Å². The Bertz CT molecular complexity index is 302. The highest BCUT2D eigenvalue weighted by atomic mass is 35.5. The van der Waals surface area contributed by atoms with Gasteiger partial charge in [-0.3, -0.25) is 0 Å². The second-order valence-electron chi connectivity index (χ2n) is 3.26. The third-order valence-corrected chi connectivity index (χ3v) is 2.60. The number of allylic oxidation sites excluding steroid dienone is 1. The third kappa shape index (κ3) is 2.04. The van der Waals surface area contributed by atoms with Crippen LogP contribution in [0.3, 0.4) is 0 Å². The van der Waals surface area contributed by atoms with Crippen LogP contribution in [0.5, 0.6) is 0 Å². The fraction of sp³-hybridized carbons (Fsp3) is 0.273. The van der Waals surface area contributed by atoms with Crippen molar-refractivity contribution >= 4 is 11.6 Å². The monoisotopic (exact) mass is 193 g/mol. The Morgan fingerprint density at radius 1 is 1.23 bits per heavy atom. The molecule has 0 aromatic heterocycles. The highest BCUT2D eigenvalue weighted by molar-refractivity contribution is 6.30. The minimum Gasteiger partial charge on any atom is -0.391 e. The second kappa shape index (κ2) is 3.84. The molecule has 1 aliphatic heterocycles.